The van der Waals surface area contributed by atoms with E-state index in [1.165, 1.54) is 0 Å². The van der Waals surface area contributed by atoms with E-state index in [9.17, 15) is 14.4 Å². The normalized spacial score (nSPS) is 14.2. The van der Waals surface area contributed by atoms with E-state index in [4.69, 9.17) is 4.74 Å². The molecule has 0 spiro atoms. The van der Waals surface area contributed by atoms with Gasteiger partial charge in [-0.3, -0.25) is 14.4 Å². The summed E-state index contributed by atoms with van der Waals surface area (Å²) in [6, 6.07) is 16.2. The Morgan fingerprint density at radius 1 is 1.00 bits per heavy atom. The molecule has 2 amide bonds. The van der Waals surface area contributed by atoms with Gasteiger partial charge in [-0.2, -0.15) is 0 Å². The third kappa shape index (κ3) is 5.02. The minimum absolute atomic E-state index is 0.257. The summed E-state index contributed by atoms with van der Waals surface area (Å²) in [5, 5.41) is 5.50. The molecule has 1 aliphatic carbocycles. The summed E-state index contributed by atoms with van der Waals surface area (Å²) in [5.74, 6) is -0.805. The zero-order chi connectivity index (χ0) is 20.9. The molecule has 0 atom stereocenters. The lowest BCUT2D eigenvalue weighted by Crippen LogP contribution is -2.30. The Balaban J connectivity index is 1.58. The zero-order valence-electron chi connectivity index (χ0n) is 16.7. The molecule has 0 heterocycles. The third-order valence-corrected chi connectivity index (χ3v) is 4.92. The fourth-order valence-corrected chi connectivity index (χ4v) is 3.13. The third-order valence-electron chi connectivity index (χ3n) is 4.92. The highest BCUT2D eigenvalue weighted by Crippen LogP contribution is 2.49. The van der Waals surface area contributed by atoms with Crippen molar-refractivity contribution < 1.29 is 19.1 Å². The Morgan fingerprint density at radius 3 is 2.31 bits per heavy atom. The fourth-order valence-electron chi connectivity index (χ4n) is 3.13. The number of para-hydroxylation sites is 1. The number of hydrogen-bond acceptors (Lipinski definition) is 4. The van der Waals surface area contributed by atoms with Gasteiger partial charge in [0.2, 0.25) is 0 Å². The summed E-state index contributed by atoms with van der Waals surface area (Å²) in [7, 11) is 0. The van der Waals surface area contributed by atoms with Crippen LogP contribution in [0.2, 0.25) is 0 Å². The molecule has 29 heavy (non-hydrogen) atoms. The summed E-state index contributed by atoms with van der Waals surface area (Å²) < 4.78 is 5.29. The lowest BCUT2D eigenvalue weighted by atomic mass is 9.96. The lowest BCUT2D eigenvalue weighted by molar-refractivity contribution is -0.150. The molecule has 0 bridgehead atoms. The number of esters is 1. The van der Waals surface area contributed by atoms with Crippen LogP contribution in [0.5, 0.6) is 0 Å². The van der Waals surface area contributed by atoms with Gasteiger partial charge < -0.3 is 15.4 Å². The molecule has 152 valence electrons. The first-order valence-electron chi connectivity index (χ1n) is 9.82. The monoisotopic (exact) mass is 394 g/mol. The molecule has 1 saturated carbocycles. The number of benzene rings is 2. The Hall–Kier alpha value is -3.15. The topological polar surface area (TPSA) is 84.5 Å². The molecule has 2 aromatic rings. The molecule has 1 aliphatic rings. The van der Waals surface area contributed by atoms with Crippen molar-refractivity contribution >= 4 is 23.5 Å². The van der Waals surface area contributed by atoms with Crippen molar-refractivity contribution in [1.82, 2.24) is 5.32 Å². The number of anilines is 1. The standard InChI is InChI=1S/C23H26N2O4/c1-16(2)14-24-21(27)18-10-6-7-11-19(18)25-20(26)15-29-22(28)23(12-13-23)17-8-4-3-5-9-17/h3-11,16H,12-15H2,1-2H3,(H,24,27)(H,25,26). The van der Waals surface area contributed by atoms with Gasteiger partial charge in [0.25, 0.3) is 11.8 Å². The van der Waals surface area contributed by atoms with Crippen LogP contribution >= 0.6 is 0 Å². The van der Waals surface area contributed by atoms with Gasteiger partial charge in [-0.05, 0) is 36.5 Å². The minimum atomic E-state index is -0.629. The van der Waals surface area contributed by atoms with Crippen molar-refractivity contribution in [3.05, 3.63) is 65.7 Å². The SMILES string of the molecule is CC(C)CNC(=O)c1ccccc1NC(=O)COC(=O)C1(c2ccccc2)CC1. The van der Waals surface area contributed by atoms with Crippen molar-refractivity contribution in [2.24, 2.45) is 5.92 Å². The van der Waals surface area contributed by atoms with Gasteiger partial charge in [0.1, 0.15) is 0 Å². The molecule has 1 fully saturated rings. The van der Waals surface area contributed by atoms with Gasteiger partial charge in [0, 0.05) is 6.54 Å². The summed E-state index contributed by atoms with van der Waals surface area (Å²) in [6.07, 6.45) is 1.44. The van der Waals surface area contributed by atoms with Crippen molar-refractivity contribution in [1.29, 1.82) is 0 Å². The van der Waals surface area contributed by atoms with E-state index < -0.39 is 17.9 Å². The first-order chi connectivity index (χ1) is 13.9. The second-order valence-electron chi connectivity index (χ2n) is 7.72. The van der Waals surface area contributed by atoms with Crippen LogP contribution in [-0.4, -0.2) is 30.9 Å². The Morgan fingerprint density at radius 2 is 1.66 bits per heavy atom. The van der Waals surface area contributed by atoms with Crippen LogP contribution in [0.3, 0.4) is 0 Å². The Labute approximate surface area is 170 Å². The van der Waals surface area contributed by atoms with Crippen molar-refractivity contribution in [2.45, 2.75) is 32.1 Å². The number of carbonyl (C=O) groups excluding carboxylic acids is 3. The number of amides is 2. The maximum Gasteiger partial charge on any atom is 0.317 e. The fraction of sp³-hybridized carbons (Fsp3) is 0.348. The van der Waals surface area contributed by atoms with E-state index in [1.807, 2.05) is 44.2 Å². The van der Waals surface area contributed by atoms with Gasteiger partial charge >= 0.3 is 5.97 Å². The van der Waals surface area contributed by atoms with Crippen LogP contribution in [0, 0.1) is 5.92 Å². The highest BCUT2D eigenvalue weighted by atomic mass is 16.5. The first-order valence-corrected chi connectivity index (χ1v) is 9.82. The summed E-state index contributed by atoms with van der Waals surface area (Å²) in [5.41, 5.74) is 1.04. The van der Waals surface area contributed by atoms with Gasteiger partial charge in [0.05, 0.1) is 16.7 Å². The van der Waals surface area contributed by atoms with Crippen molar-refractivity contribution in [3.8, 4) is 0 Å². The molecule has 0 aromatic heterocycles. The molecule has 6 heteroatoms. The predicted octanol–water partition coefficient (Wildman–Crippen LogP) is 3.29. The molecule has 2 N–H and O–H groups in total. The van der Waals surface area contributed by atoms with E-state index in [0.29, 0.717) is 23.7 Å². The van der Waals surface area contributed by atoms with Crippen LogP contribution in [0.15, 0.2) is 54.6 Å². The average Bonchev–Trinajstić information content (AvgIpc) is 3.53. The number of ether oxygens (including phenoxy) is 1. The van der Waals surface area contributed by atoms with E-state index >= 15 is 0 Å². The van der Waals surface area contributed by atoms with Crippen LogP contribution in [0.4, 0.5) is 5.69 Å². The highest BCUT2D eigenvalue weighted by molar-refractivity contribution is 6.04. The molecular formula is C23H26N2O4. The second kappa shape index (κ2) is 8.90. The number of carbonyl (C=O) groups is 3. The summed E-state index contributed by atoms with van der Waals surface area (Å²) >= 11 is 0. The van der Waals surface area contributed by atoms with Crippen LogP contribution in [-0.2, 0) is 19.7 Å². The molecule has 3 rings (SSSR count). The van der Waals surface area contributed by atoms with Crippen LogP contribution in [0.1, 0.15) is 42.6 Å². The van der Waals surface area contributed by atoms with Gasteiger partial charge in [-0.15, -0.1) is 0 Å². The molecule has 0 saturated heterocycles. The van der Waals surface area contributed by atoms with E-state index in [1.54, 1.807) is 24.3 Å². The number of nitrogens with one attached hydrogen (secondary N) is 2. The van der Waals surface area contributed by atoms with E-state index in [0.717, 1.165) is 18.4 Å². The maximum atomic E-state index is 12.5. The second-order valence-corrected chi connectivity index (χ2v) is 7.72. The zero-order valence-corrected chi connectivity index (χ0v) is 16.7. The summed E-state index contributed by atoms with van der Waals surface area (Å²) in [4.78, 5) is 37.2. The number of rotatable bonds is 8. The quantitative estimate of drug-likeness (QED) is 0.673. The Kier molecular flexibility index (Phi) is 6.32. The molecule has 6 nitrogen and oxygen atoms in total. The number of hydrogen-bond donors (Lipinski definition) is 2. The van der Waals surface area contributed by atoms with Crippen LogP contribution in [0.25, 0.3) is 0 Å². The predicted molar refractivity (Wildman–Crippen MR) is 111 cm³/mol. The largest absolute Gasteiger partial charge is 0.455 e. The molecular weight excluding hydrogens is 368 g/mol. The highest BCUT2D eigenvalue weighted by Gasteiger charge is 2.52. The molecule has 2 aromatic carbocycles. The molecule has 0 aliphatic heterocycles. The maximum absolute atomic E-state index is 12.5. The first kappa shape index (κ1) is 20.6. The molecule has 0 unspecified atom stereocenters. The van der Waals surface area contributed by atoms with Crippen molar-refractivity contribution in [3.63, 3.8) is 0 Å². The van der Waals surface area contributed by atoms with E-state index in [-0.39, 0.29) is 11.9 Å². The lowest BCUT2D eigenvalue weighted by Gasteiger charge is -2.15. The molecule has 0 radical (unpaired) electrons. The van der Waals surface area contributed by atoms with Gasteiger partial charge in [-0.1, -0.05) is 56.3 Å². The van der Waals surface area contributed by atoms with Gasteiger partial charge in [-0.25, -0.2) is 0 Å². The minimum Gasteiger partial charge on any atom is -0.455 e. The van der Waals surface area contributed by atoms with E-state index in [2.05, 4.69) is 10.6 Å². The smallest absolute Gasteiger partial charge is 0.317 e. The van der Waals surface area contributed by atoms with Crippen LogP contribution < -0.4 is 10.6 Å². The van der Waals surface area contributed by atoms with Gasteiger partial charge in [0.15, 0.2) is 6.61 Å². The average molecular weight is 394 g/mol. The summed E-state index contributed by atoms with van der Waals surface area (Å²) in [6.45, 7) is 4.16. The van der Waals surface area contributed by atoms with Crippen molar-refractivity contribution in [2.75, 3.05) is 18.5 Å². The Bertz CT molecular complexity index is 889.